The average Bonchev–Trinajstić information content (AvgIpc) is 2.50. The number of anilines is 1. The van der Waals surface area contributed by atoms with Gasteiger partial charge in [0.2, 0.25) is 5.91 Å². The molecule has 1 heterocycles. The van der Waals surface area contributed by atoms with Crippen molar-refractivity contribution in [2.75, 3.05) is 11.4 Å². The van der Waals surface area contributed by atoms with Gasteiger partial charge < -0.3 is 10.6 Å². The first kappa shape index (κ1) is 10.0. The largest absolute Gasteiger partial charge is 0.326 e. The molecule has 1 amide bonds. The zero-order valence-electron chi connectivity index (χ0n) is 7.91. The van der Waals surface area contributed by atoms with Gasteiger partial charge in [-0.1, -0.05) is 6.07 Å². The second-order valence-corrected chi connectivity index (χ2v) is 3.54. The number of amides is 1. The van der Waals surface area contributed by atoms with Gasteiger partial charge in [-0.25, -0.2) is 8.78 Å². The highest BCUT2D eigenvalue weighted by Crippen LogP contribution is 2.25. The highest BCUT2D eigenvalue weighted by Gasteiger charge is 2.30. The highest BCUT2D eigenvalue weighted by atomic mass is 19.2. The summed E-state index contributed by atoms with van der Waals surface area (Å²) in [6.07, 6.45) is 0.177. The first-order valence-corrected chi connectivity index (χ1v) is 4.59. The topological polar surface area (TPSA) is 46.3 Å². The van der Waals surface area contributed by atoms with Gasteiger partial charge in [0.15, 0.2) is 11.6 Å². The van der Waals surface area contributed by atoms with Crippen LogP contribution in [0.5, 0.6) is 0 Å². The van der Waals surface area contributed by atoms with E-state index >= 15 is 0 Å². The van der Waals surface area contributed by atoms with Crippen LogP contribution in [0.4, 0.5) is 14.5 Å². The molecule has 5 heteroatoms. The Morgan fingerprint density at radius 2 is 2.13 bits per heavy atom. The lowest BCUT2D eigenvalue weighted by atomic mass is 10.2. The van der Waals surface area contributed by atoms with Gasteiger partial charge in [-0.3, -0.25) is 4.79 Å². The van der Waals surface area contributed by atoms with Crippen molar-refractivity contribution in [1.82, 2.24) is 0 Å². The van der Waals surface area contributed by atoms with E-state index in [4.69, 9.17) is 5.73 Å². The SMILES string of the molecule is NC1CC(=O)N(c2cccc(F)c2F)C1. The fraction of sp³-hybridized carbons (Fsp3) is 0.300. The number of benzene rings is 1. The first-order valence-electron chi connectivity index (χ1n) is 4.59. The smallest absolute Gasteiger partial charge is 0.228 e. The molecule has 1 aliphatic rings. The lowest BCUT2D eigenvalue weighted by Gasteiger charge is -2.16. The number of carbonyl (C=O) groups excluding carboxylic acids is 1. The number of hydrogen-bond donors (Lipinski definition) is 1. The van der Waals surface area contributed by atoms with Crippen molar-refractivity contribution in [3.05, 3.63) is 29.8 Å². The molecule has 1 saturated heterocycles. The van der Waals surface area contributed by atoms with Crippen LogP contribution in [0.3, 0.4) is 0 Å². The third-order valence-corrected chi connectivity index (χ3v) is 2.38. The summed E-state index contributed by atoms with van der Waals surface area (Å²) >= 11 is 0. The van der Waals surface area contributed by atoms with Crippen LogP contribution in [-0.2, 0) is 4.79 Å². The summed E-state index contributed by atoms with van der Waals surface area (Å²) in [6.45, 7) is 0.235. The molecule has 0 aliphatic carbocycles. The molecule has 80 valence electrons. The minimum absolute atomic E-state index is 0.0343. The fourth-order valence-electron chi connectivity index (χ4n) is 1.67. The van der Waals surface area contributed by atoms with Crippen LogP contribution >= 0.6 is 0 Å². The van der Waals surface area contributed by atoms with Gasteiger partial charge in [0.05, 0.1) is 5.69 Å². The van der Waals surface area contributed by atoms with Crippen LogP contribution in [0.25, 0.3) is 0 Å². The fourth-order valence-corrected chi connectivity index (χ4v) is 1.67. The zero-order chi connectivity index (χ0) is 11.0. The van der Waals surface area contributed by atoms with Crippen LogP contribution in [-0.4, -0.2) is 18.5 Å². The van der Waals surface area contributed by atoms with Crippen LogP contribution < -0.4 is 10.6 Å². The van der Waals surface area contributed by atoms with E-state index < -0.39 is 11.6 Å². The van der Waals surface area contributed by atoms with Crippen molar-refractivity contribution in [2.45, 2.75) is 12.5 Å². The standard InChI is InChI=1S/C10H10F2N2O/c11-7-2-1-3-8(10(7)12)14-5-6(13)4-9(14)15/h1-3,6H,4-5,13H2. The van der Waals surface area contributed by atoms with E-state index in [-0.39, 0.29) is 30.6 Å². The zero-order valence-corrected chi connectivity index (χ0v) is 7.91. The molecule has 1 aromatic carbocycles. The quantitative estimate of drug-likeness (QED) is 0.755. The molecule has 3 nitrogen and oxygen atoms in total. The molecule has 1 unspecified atom stereocenters. The van der Waals surface area contributed by atoms with E-state index in [1.54, 1.807) is 0 Å². The minimum Gasteiger partial charge on any atom is -0.326 e. The maximum Gasteiger partial charge on any atom is 0.228 e. The van der Waals surface area contributed by atoms with Crippen molar-refractivity contribution >= 4 is 11.6 Å². The van der Waals surface area contributed by atoms with E-state index in [1.807, 2.05) is 0 Å². The lowest BCUT2D eigenvalue weighted by Crippen LogP contribution is -2.28. The molecule has 15 heavy (non-hydrogen) atoms. The van der Waals surface area contributed by atoms with Crippen LogP contribution in [0, 0.1) is 11.6 Å². The Bertz CT molecular complexity index is 408. The van der Waals surface area contributed by atoms with Gasteiger partial charge >= 0.3 is 0 Å². The first-order chi connectivity index (χ1) is 7.09. The van der Waals surface area contributed by atoms with E-state index in [2.05, 4.69) is 0 Å². The molecule has 0 spiro atoms. The number of hydrogen-bond acceptors (Lipinski definition) is 2. The maximum absolute atomic E-state index is 13.3. The summed E-state index contributed by atoms with van der Waals surface area (Å²) in [5, 5.41) is 0. The van der Waals surface area contributed by atoms with E-state index in [1.165, 1.54) is 17.0 Å². The summed E-state index contributed by atoms with van der Waals surface area (Å²) in [7, 11) is 0. The molecule has 2 N–H and O–H groups in total. The monoisotopic (exact) mass is 212 g/mol. The predicted octanol–water partition coefficient (Wildman–Crippen LogP) is 1.03. The molecule has 1 aromatic rings. The summed E-state index contributed by atoms with van der Waals surface area (Å²) in [5.41, 5.74) is 5.53. The van der Waals surface area contributed by atoms with Crippen molar-refractivity contribution in [3.8, 4) is 0 Å². The third-order valence-electron chi connectivity index (χ3n) is 2.38. The number of carbonyl (C=O) groups is 1. The second kappa shape index (κ2) is 3.58. The molecular weight excluding hydrogens is 202 g/mol. The van der Waals surface area contributed by atoms with Crippen molar-refractivity contribution in [3.63, 3.8) is 0 Å². The Morgan fingerprint density at radius 1 is 1.40 bits per heavy atom. The molecular formula is C10H10F2N2O. The van der Waals surface area contributed by atoms with Gasteiger partial charge in [0, 0.05) is 19.0 Å². The van der Waals surface area contributed by atoms with Crippen molar-refractivity contribution in [1.29, 1.82) is 0 Å². The molecule has 1 aliphatic heterocycles. The number of nitrogens with two attached hydrogens (primary N) is 1. The van der Waals surface area contributed by atoms with E-state index in [0.29, 0.717) is 0 Å². The molecule has 0 bridgehead atoms. The Labute approximate surface area is 85.5 Å². The normalized spacial score (nSPS) is 21.1. The molecule has 1 atom stereocenters. The summed E-state index contributed by atoms with van der Waals surface area (Å²) in [6, 6.07) is 3.44. The molecule has 1 fully saturated rings. The summed E-state index contributed by atoms with van der Waals surface area (Å²) in [4.78, 5) is 12.6. The molecule has 0 aromatic heterocycles. The van der Waals surface area contributed by atoms with Crippen LogP contribution in [0.2, 0.25) is 0 Å². The number of nitrogens with zero attached hydrogens (tertiary/aromatic N) is 1. The van der Waals surface area contributed by atoms with E-state index in [0.717, 1.165) is 6.07 Å². The van der Waals surface area contributed by atoms with Gasteiger partial charge in [0.1, 0.15) is 0 Å². The van der Waals surface area contributed by atoms with Gasteiger partial charge in [-0.05, 0) is 12.1 Å². The van der Waals surface area contributed by atoms with Gasteiger partial charge in [-0.15, -0.1) is 0 Å². The number of halogens is 2. The number of rotatable bonds is 1. The second-order valence-electron chi connectivity index (χ2n) is 3.54. The van der Waals surface area contributed by atoms with Gasteiger partial charge in [0.25, 0.3) is 0 Å². The van der Waals surface area contributed by atoms with E-state index in [9.17, 15) is 13.6 Å². The Morgan fingerprint density at radius 3 is 2.73 bits per heavy atom. The lowest BCUT2D eigenvalue weighted by molar-refractivity contribution is -0.117. The van der Waals surface area contributed by atoms with Crippen molar-refractivity contribution < 1.29 is 13.6 Å². The summed E-state index contributed by atoms with van der Waals surface area (Å²) in [5.74, 6) is -2.23. The summed E-state index contributed by atoms with van der Waals surface area (Å²) < 4.78 is 26.3. The maximum atomic E-state index is 13.3. The Kier molecular flexibility index (Phi) is 2.40. The predicted molar refractivity (Wildman–Crippen MR) is 51.3 cm³/mol. The Hall–Kier alpha value is -1.49. The van der Waals surface area contributed by atoms with Gasteiger partial charge in [-0.2, -0.15) is 0 Å². The Balaban J connectivity index is 2.38. The molecule has 0 radical (unpaired) electrons. The highest BCUT2D eigenvalue weighted by molar-refractivity contribution is 5.96. The van der Waals surface area contributed by atoms with Crippen LogP contribution in [0.15, 0.2) is 18.2 Å². The minimum atomic E-state index is -1.00. The van der Waals surface area contributed by atoms with Crippen molar-refractivity contribution in [2.24, 2.45) is 5.73 Å². The average molecular weight is 212 g/mol. The van der Waals surface area contributed by atoms with Crippen LogP contribution in [0.1, 0.15) is 6.42 Å². The molecule has 2 rings (SSSR count). The third kappa shape index (κ3) is 1.70. The molecule has 0 saturated carbocycles.